The quantitative estimate of drug-likeness (QED) is 0.327. The van der Waals surface area contributed by atoms with E-state index in [4.69, 9.17) is 5.84 Å². The van der Waals surface area contributed by atoms with E-state index in [-0.39, 0.29) is 0 Å². The molecule has 0 saturated heterocycles. The smallest absolute Gasteiger partial charge is 0.0818 e. The van der Waals surface area contributed by atoms with Crippen molar-refractivity contribution in [2.45, 2.75) is 20.8 Å². The van der Waals surface area contributed by atoms with E-state index in [0.717, 1.165) is 33.8 Å². The minimum atomic E-state index is 0.753. The maximum atomic E-state index is 5.80. The molecule has 0 bridgehead atoms. The van der Waals surface area contributed by atoms with E-state index in [9.17, 15) is 0 Å². The summed E-state index contributed by atoms with van der Waals surface area (Å²) in [5, 5.41) is 6.31. The van der Waals surface area contributed by atoms with Gasteiger partial charge < -0.3 is 16.1 Å². The van der Waals surface area contributed by atoms with Crippen LogP contribution in [0, 0.1) is 0 Å². The number of hydrazine groups is 1. The fourth-order valence-electron chi connectivity index (χ4n) is 2.19. The molecule has 1 aromatic rings. The van der Waals surface area contributed by atoms with Gasteiger partial charge >= 0.3 is 0 Å². The Kier molecular flexibility index (Phi) is 10.5. The summed E-state index contributed by atoms with van der Waals surface area (Å²) in [4.78, 5) is 0. The largest absolute Gasteiger partial charge is 0.386 e. The fraction of sp³-hybridized carbons (Fsp3) is 0.200. The highest BCUT2D eigenvalue weighted by Gasteiger charge is 2.14. The molecular formula is C20H30N4. The number of nitrogens with two attached hydrogens (primary N) is 1. The molecule has 0 amide bonds. The van der Waals surface area contributed by atoms with Crippen LogP contribution < -0.4 is 21.9 Å². The number of benzene rings is 1. The highest BCUT2D eigenvalue weighted by atomic mass is 15.2. The molecule has 130 valence electrons. The summed E-state index contributed by atoms with van der Waals surface area (Å²) in [7, 11) is 1.84. The van der Waals surface area contributed by atoms with Gasteiger partial charge in [0.05, 0.1) is 11.4 Å². The number of anilines is 1. The third-order valence-corrected chi connectivity index (χ3v) is 3.30. The van der Waals surface area contributed by atoms with E-state index in [1.165, 1.54) is 0 Å². The molecule has 0 aliphatic rings. The third-order valence-electron chi connectivity index (χ3n) is 3.30. The lowest BCUT2D eigenvalue weighted by Crippen LogP contribution is -2.26. The Morgan fingerprint density at radius 2 is 1.71 bits per heavy atom. The highest BCUT2D eigenvalue weighted by Crippen LogP contribution is 2.27. The van der Waals surface area contributed by atoms with E-state index in [2.05, 4.69) is 35.8 Å². The number of hydrogen-bond donors (Lipinski definition) is 4. The van der Waals surface area contributed by atoms with Crippen LogP contribution in [0.5, 0.6) is 0 Å². The van der Waals surface area contributed by atoms with Crippen molar-refractivity contribution in [3.63, 3.8) is 0 Å². The summed E-state index contributed by atoms with van der Waals surface area (Å²) < 4.78 is 0. The van der Waals surface area contributed by atoms with Gasteiger partial charge in [-0.05, 0) is 24.8 Å². The number of allylic oxidation sites excluding steroid dienone is 3. The maximum absolute atomic E-state index is 5.80. The monoisotopic (exact) mass is 326 g/mol. The number of likely N-dealkylation sites (N-methyl/N-ethyl adjacent to an activating group) is 1. The van der Waals surface area contributed by atoms with Crippen molar-refractivity contribution in [1.82, 2.24) is 10.7 Å². The molecule has 0 heterocycles. The third kappa shape index (κ3) is 5.18. The molecule has 0 fully saturated rings. The van der Waals surface area contributed by atoms with Gasteiger partial charge in [0.15, 0.2) is 0 Å². The summed E-state index contributed by atoms with van der Waals surface area (Å²) in [6.45, 7) is 17.4. The maximum Gasteiger partial charge on any atom is 0.0818 e. The SMILES string of the molecule is C=CNc1ccccc1/C(NN)=C(NC)\C(C=C)=C(/C)C=C.CC. The zero-order valence-electron chi connectivity index (χ0n) is 15.2. The van der Waals surface area contributed by atoms with Crippen LogP contribution in [0.1, 0.15) is 26.3 Å². The first-order valence-electron chi connectivity index (χ1n) is 7.96. The molecule has 24 heavy (non-hydrogen) atoms. The van der Waals surface area contributed by atoms with E-state index >= 15 is 0 Å². The Bertz CT molecular complexity index is 624. The normalized spacial score (nSPS) is 11.7. The summed E-state index contributed by atoms with van der Waals surface area (Å²) in [5.41, 5.74) is 8.14. The topological polar surface area (TPSA) is 62.1 Å². The van der Waals surface area contributed by atoms with Gasteiger partial charge in [0, 0.05) is 23.9 Å². The molecule has 0 aliphatic heterocycles. The van der Waals surface area contributed by atoms with Gasteiger partial charge in [0.1, 0.15) is 0 Å². The van der Waals surface area contributed by atoms with Crippen molar-refractivity contribution in [3.8, 4) is 0 Å². The molecule has 0 atom stereocenters. The lowest BCUT2D eigenvalue weighted by Gasteiger charge is -2.19. The molecule has 0 spiro atoms. The van der Waals surface area contributed by atoms with E-state index < -0.39 is 0 Å². The molecule has 4 nitrogen and oxygen atoms in total. The Hall–Kier alpha value is -2.72. The Morgan fingerprint density at radius 1 is 1.08 bits per heavy atom. The van der Waals surface area contributed by atoms with Crippen molar-refractivity contribution in [1.29, 1.82) is 0 Å². The predicted octanol–water partition coefficient (Wildman–Crippen LogP) is 4.31. The number of rotatable bonds is 8. The molecule has 1 aromatic carbocycles. The molecule has 0 unspecified atom stereocenters. The van der Waals surface area contributed by atoms with Crippen molar-refractivity contribution >= 4 is 11.4 Å². The van der Waals surface area contributed by atoms with Gasteiger partial charge in [-0.25, -0.2) is 0 Å². The zero-order valence-corrected chi connectivity index (χ0v) is 15.2. The molecule has 4 heteroatoms. The van der Waals surface area contributed by atoms with Gasteiger partial charge in [-0.1, -0.05) is 63.9 Å². The lowest BCUT2D eigenvalue weighted by molar-refractivity contribution is 0.930. The van der Waals surface area contributed by atoms with Gasteiger partial charge in [0.25, 0.3) is 0 Å². The van der Waals surface area contributed by atoms with Crippen LogP contribution in [-0.2, 0) is 0 Å². The van der Waals surface area contributed by atoms with Gasteiger partial charge in [-0.3, -0.25) is 5.84 Å². The molecule has 1 rings (SSSR count). The molecule has 5 N–H and O–H groups in total. The number of nitrogens with one attached hydrogen (secondary N) is 3. The summed E-state index contributed by atoms with van der Waals surface area (Å²) in [6.07, 6.45) is 5.20. The van der Waals surface area contributed by atoms with Crippen molar-refractivity contribution < 1.29 is 0 Å². The Morgan fingerprint density at radius 3 is 2.17 bits per heavy atom. The standard InChI is InChI=1S/C18H24N4.C2H6/c1-6-13(4)14(7-2)17(20-5)18(22-19)15-11-9-10-12-16(15)21-8-3;1-2/h6-12,20-22H,1-3,19H2,4-5H3;1-2H3/b14-13+,18-17-;. The first kappa shape index (κ1) is 21.3. The minimum absolute atomic E-state index is 0.753. The number of hydrogen-bond acceptors (Lipinski definition) is 4. The molecule has 0 radical (unpaired) electrons. The predicted molar refractivity (Wildman–Crippen MR) is 108 cm³/mol. The lowest BCUT2D eigenvalue weighted by atomic mass is 10.00. The van der Waals surface area contributed by atoms with Crippen LogP contribution >= 0.6 is 0 Å². The van der Waals surface area contributed by atoms with Crippen LogP contribution in [0.4, 0.5) is 5.69 Å². The molecule has 0 aliphatic carbocycles. The molecule has 0 aromatic heterocycles. The highest BCUT2D eigenvalue weighted by molar-refractivity contribution is 5.80. The molecule has 0 saturated carbocycles. The van der Waals surface area contributed by atoms with Crippen LogP contribution in [0.2, 0.25) is 0 Å². The van der Waals surface area contributed by atoms with Crippen LogP contribution in [0.15, 0.2) is 79.2 Å². The number of para-hydroxylation sites is 1. The van der Waals surface area contributed by atoms with Crippen molar-refractivity contribution in [2.24, 2.45) is 5.84 Å². The summed E-state index contributed by atoms with van der Waals surface area (Å²) in [6, 6.07) is 7.83. The summed E-state index contributed by atoms with van der Waals surface area (Å²) >= 11 is 0. The van der Waals surface area contributed by atoms with Gasteiger partial charge in [-0.15, -0.1) is 0 Å². The van der Waals surface area contributed by atoms with E-state index in [1.54, 1.807) is 18.4 Å². The second-order valence-corrected chi connectivity index (χ2v) is 4.54. The summed E-state index contributed by atoms with van der Waals surface area (Å²) in [5.74, 6) is 5.80. The van der Waals surface area contributed by atoms with Crippen LogP contribution in [-0.4, -0.2) is 7.05 Å². The second kappa shape index (κ2) is 11.8. The van der Waals surface area contributed by atoms with Gasteiger partial charge in [0.2, 0.25) is 0 Å². The van der Waals surface area contributed by atoms with E-state index in [0.29, 0.717) is 0 Å². The second-order valence-electron chi connectivity index (χ2n) is 4.54. The molecular weight excluding hydrogens is 296 g/mol. The van der Waals surface area contributed by atoms with Crippen molar-refractivity contribution in [3.05, 3.63) is 84.8 Å². The van der Waals surface area contributed by atoms with Gasteiger partial charge in [-0.2, -0.15) is 0 Å². The van der Waals surface area contributed by atoms with E-state index in [1.807, 2.05) is 52.1 Å². The first-order valence-corrected chi connectivity index (χ1v) is 7.96. The average Bonchev–Trinajstić information content (AvgIpc) is 2.64. The van der Waals surface area contributed by atoms with Crippen molar-refractivity contribution in [2.75, 3.05) is 12.4 Å². The van der Waals surface area contributed by atoms with Crippen LogP contribution in [0.25, 0.3) is 5.70 Å². The zero-order chi connectivity index (χ0) is 18.5. The minimum Gasteiger partial charge on any atom is -0.386 e. The average molecular weight is 326 g/mol. The first-order chi connectivity index (χ1) is 11.6. The van der Waals surface area contributed by atoms with Crippen LogP contribution in [0.3, 0.4) is 0 Å². The fourth-order valence-corrected chi connectivity index (χ4v) is 2.19. The Labute approximate surface area is 146 Å². The Balaban J connectivity index is 0.00000254.